The van der Waals surface area contributed by atoms with Crippen LogP contribution in [0.5, 0.6) is 0 Å². The van der Waals surface area contributed by atoms with Gasteiger partial charge in [-0.2, -0.15) is 19.7 Å². The molecule has 142 valence electrons. The van der Waals surface area contributed by atoms with Gasteiger partial charge in [0.1, 0.15) is 5.82 Å². The van der Waals surface area contributed by atoms with Crippen LogP contribution in [0, 0.1) is 17.7 Å². The number of aromatic amines is 1. The number of benzene rings is 1. The van der Waals surface area contributed by atoms with Crippen LogP contribution < -0.4 is 0 Å². The van der Waals surface area contributed by atoms with E-state index in [1.165, 1.54) is 30.5 Å². The van der Waals surface area contributed by atoms with Crippen LogP contribution in [-0.4, -0.2) is 64.1 Å². The van der Waals surface area contributed by atoms with Crippen molar-refractivity contribution < 1.29 is 17.6 Å². The average molecular weight is 391 g/mol. The number of carbonyl (C=O) groups excluding carboxylic acids is 1. The molecule has 10 heteroatoms. The number of halogens is 1. The topological polar surface area (TPSA) is 99.3 Å². The molecule has 3 aliphatic heterocycles. The SMILES string of the molecule is O=C(c1cn[nH]n1)N1C[C@@H]2[C@H](C1)[C@@H]1CC[C@H]2N1S(=O)(=O)c1ccc(F)cc1. The fraction of sp³-hybridized carbons (Fsp3) is 0.471. The summed E-state index contributed by atoms with van der Waals surface area (Å²) in [6.07, 6.45) is 2.98. The second-order valence-corrected chi connectivity index (χ2v) is 9.24. The molecule has 3 saturated heterocycles. The third-order valence-corrected chi connectivity index (χ3v) is 8.09. The molecule has 0 aliphatic carbocycles. The minimum Gasteiger partial charge on any atom is -0.336 e. The number of hydrogen-bond donors (Lipinski definition) is 1. The van der Waals surface area contributed by atoms with Gasteiger partial charge in [0.15, 0.2) is 5.69 Å². The van der Waals surface area contributed by atoms with E-state index in [-0.39, 0.29) is 40.4 Å². The molecule has 8 nitrogen and oxygen atoms in total. The zero-order chi connectivity index (χ0) is 18.8. The number of H-pyrrole nitrogens is 1. The largest absolute Gasteiger partial charge is 0.336 e. The van der Waals surface area contributed by atoms with Gasteiger partial charge >= 0.3 is 0 Å². The van der Waals surface area contributed by atoms with Crippen molar-refractivity contribution in [2.75, 3.05) is 13.1 Å². The molecule has 1 aromatic carbocycles. The van der Waals surface area contributed by atoms with Crippen LogP contribution in [0.15, 0.2) is 35.4 Å². The minimum absolute atomic E-state index is 0.120. The van der Waals surface area contributed by atoms with E-state index >= 15 is 0 Å². The summed E-state index contributed by atoms with van der Waals surface area (Å²) in [7, 11) is -3.68. The predicted molar refractivity (Wildman–Crippen MR) is 91.5 cm³/mol. The first-order valence-electron chi connectivity index (χ1n) is 8.91. The van der Waals surface area contributed by atoms with Crippen molar-refractivity contribution in [3.8, 4) is 0 Å². The van der Waals surface area contributed by atoms with Gasteiger partial charge in [0.05, 0.1) is 11.1 Å². The Hall–Kier alpha value is -2.33. The molecule has 1 N–H and O–H groups in total. The van der Waals surface area contributed by atoms with Crippen molar-refractivity contribution in [3.05, 3.63) is 42.0 Å². The van der Waals surface area contributed by atoms with Gasteiger partial charge in [-0.15, -0.1) is 0 Å². The predicted octanol–water partition coefficient (Wildman–Crippen LogP) is 0.867. The lowest BCUT2D eigenvalue weighted by Crippen LogP contribution is -2.41. The van der Waals surface area contributed by atoms with Gasteiger partial charge in [0.25, 0.3) is 5.91 Å². The summed E-state index contributed by atoms with van der Waals surface area (Å²) in [5, 5.41) is 9.96. The molecule has 3 fully saturated rings. The number of nitrogens with one attached hydrogen (secondary N) is 1. The van der Waals surface area contributed by atoms with Gasteiger partial charge in [-0.25, -0.2) is 12.8 Å². The number of amides is 1. The first-order chi connectivity index (χ1) is 13.0. The number of hydrogen-bond acceptors (Lipinski definition) is 5. The number of nitrogens with zero attached hydrogens (tertiary/aromatic N) is 4. The first kappa shape index (κ1) is 16.8. The molecule has 3 aliphatic rings. The zero-order valence-corrected chi connectivity index (χ0v) is 15.1. The lowest BCUT2D eigenvalue weighted by molar-refractivity contribution is 0.0767. The molecular formula is C17H18FN5O3S. The Kier molecular flexibility index (Phi) is 3.63. The van der Waals surface area contributed by atoms with E-state index in [1.54, 1.807) is 9.21 Å². The van der Waals surface area contributed by atoms with E-state index in [2.05, 4.69) is 15.4 Å². The van der Waals surface area contributed by atoms with Gasteiger partial charge < -0.3 is 4.90 Å². The third-order valence-electron chi connectivity index (χ3n) is 6.12. The Morgan fingerprint density at radius 3 is 2.30 bits per heavy atom. The number of fused-ring (bicyclic) bond motifs is 5. The maximum Gasteiger partial charge on any atom is 0.276 e. The van der Waals surface area contributed by atoms with Crippen molar-refractivity contribution in [1.29, 1.82) is 0 Å². The highest BCUT2D eigenvalue weighted by Gasteiger charge is 2.60. The molecular weight excluding hydrogens is 373 g/mol. The number of sulfonamides is 1. The summed E-state index contributed by atoms with van der Waals surface area (Å²) in [4.78, 5) is 14.4. The van der Waals surface area contributed by atoms with Crippen molar-refractivity contribution in [1.82, 2.24) is 24.6 Å². The van der Waals surface area contributed by atoms with E-state index in [0.29, 0.717) is 13.1 Å². The zero-order valence-electron chi connectivity index (χ0n) is 14.3. The fourth-order valence-electron chi connectivity index (χ4n) is 5.03. The highest BCUT2D eigenvalue weighted by Crippen LogP contribution is 2.51. The molecule has 1 amide bonds. The monoisotopic (exact) mass is 391 g/mol. The van der Waals surface area contributed by atoms with Crippen LogP contribution in [0.25, 0.3) is 0 Å². The van der Waals surface area contributed by atoms with E-state index in [9.17, 15) is 17.6 Å². The summed E-state index contributed by atoms with van der Waals surface area (Å²) in [5.74, 6) is -0.396. The molecule has 4 atom stereocenters. The highest BCUT2D eigenvalue weighted by molar-refractivity contribution is 7.89. The van der Waals surface area contributed by atoms with Crippen LogP contribution in [0.2, 0.25) is 0 Å². The molecule has 0 unspecified atom stereocenters. The maximum absolute atomic E-state index is 13.2. The van der Waals surface area contributed by atoms with Gasteiger partial charge in [-0.3, -0.25) is 4.79 Å². The third kappa shape index (κ3) is 2.43. The Balaban J connectivity index is 1.40. The highest BCUT2D eigenvalue weighted by atomic mass is 32.2. The van der Waals surface area contributed by atoms with Crippen LogP contribution in [0.1, 0.15) is 23.3 Å². The van der Waals surface area contributed by atoms with Crippen LogP contribution in [0.3, 0.4) is 0 Å². The number of likely N-dealkylation sites (tertiary alicyclic amines) is 1. The second kappa shape index (κ2) is 5.83. The molecule has 27 heavy (non-hydrogen) atoms. The van der Waals surface area contributed by atoms with Crippen molar-refractivity contribution in [2.24, 2.45) is 11.8 Å². The normalized spacial score (nSPS) is 30.0. The number of aromatic nitrogens is 3. The molecule has 5 rings (SSSR count). The summed E-state index contributed by atoms with van der Waals surface area (Å²) in [5.41, 5.74) is 0.276. The Labute approximate surface area is 155 Å². The Morgan fingerprint density at radius 1 is 1.11 bits per heavy atom. The van der Waals surface area contributed by atoms with E-state index in [1.807, 2.05) is 0 Å². The molecule has 2 bridgehead atoms. The van der Waals surface area contributed by atoms with Crippen LogP contribution in [0.4, 0.5) is 4.39 Å². The average Bonchev–Trinajstić information content (AvgIpc) is 3.42. The van der Waals surface area contributed by atoms with Crippen molar-refractivity contribution in [2.45, 2.75) is 29.8 Å². The Morgan fingerprint density at radius 2 is 1.74 bits per heavy atom. The summed E-state index contributed by atoms with van der Waals surface area (Å²) < 4.78 is 41.1. The number of carbonyl (C=O) groups is 1. The fourth-order valence-corrected chi connectivity index (χ4v) is 6.99. The van der Waals surface area contributed by atoms with Crippen molar-refractivity contribution >= 4 is 15.9 Å². The Bertz CT molecular complexity index is 959. The summed E-state index contributed by atoms with van der Waals surface area (Å²) in [6.45, 7) is 1.04. The van der Waals surface area contributed by atoms with Crippen LogP contribution in [-0.2, 0) is 10.0 Å². The molecule has 0 saturated carbocycles. The van der Waals surface area contributed by atoms with E-state index < -0.39 is 15.8 Å². The number of rotatable bonds is 3. The van der Waals surface area contributed by atoms with Gasteiger partial charge in [-0.1, -0.05) is 0 Å². The summed E-state index contributed by atoms with van der Waals surface area (Å²) in [6, 6.07) is 4.74. The molecule has 0 radical (unpaired) electrons. The quantitative estimate of drug-likeness (QED) is 0.837. The minimum atomic E-state index is -3.68. The molecule has 1 aromatic heterocycles. The smallest absolute Gasteiger partial charge is 0.276 e. The van der Waals surface area contributed by atoms with Crippen LogP contribution >= 0.6 is 0 Å². The molecule has 2 aromatic rings. The lowest BCUT2D eigenvalue weighted by atomic mass is 9.82. The first-order valence-corrected chi connectivity index (χ1v) is 10.3. The van der Waals surface area contributed by atoms with E-state index in [0.717, 1.165) is 12.8 Å². The van der Waals surface area contributed by atoms with Gasteiger partial charge in [0, 0.05) is 25.2 Å². The van der Waals surface area contributed by atoms with Gasteiger partial charge in [0.2, 0.25) is 10.0 Å². The summed E-state index contributed by atoms with van der Waals surface area (Å²) >= 11 is 0. The molecule has 0 spiro atoms. The van der Waals surface area contributed by atoms with Gasteiger partial charge in [-0.05, 0) is 48.9 Å². The van der Waals surface area contributed by atoms with Crippen molar-refractivity contribution in [3.63, 3.8) is 0 Å². The maximum atomic E-state index is 13.2. The van der Waals surface area contributed by atoms with E-state index in [4.69, 9.17) is 0 Å². The lowest BCUT2D eigenvalue weighted by Gasteiger charge is -2.26. The molecule has 4 heterocycles. The second-order valence-electron chi connectivity index (χ2n) is 7.39. The standard InChI is InChI=1S/C17H18FN5O3S/c18-10-1-3-11(4-2-10)27(25,26)23-15-5-6-16(23)13-9-22(8-12(13)15)17(24)14-7-19-21-20-14/h1-4,7,12-13,15-16H,5-6,8-9H2,(H,19,20,21)/t12-,13+,15-,16+.